The molecular weight excluding hydrogens is 210 g/mol. The second-order valence-corrected chi connectivity index (χ2v) is 4.16. The van der Waals surface area contributed by atoms with Gasteiger partial charge in [0.15, 0.2) is 0 Å². The fourth-order valence-corrected chi connectivity index (χ4v) is 1.87. The molecule has 1 aromatic heterocycles. The van der Waals surface area contributed by atoms with Crippen LogP contribution in [0.5, 0.6) is 0 Å². The van der Waals surface area contributed by atoms with Gasteiger partial charge in [0.2, 0.25) is 0 Å². The van der Waals surface area contributed by atoms with Crippen molar-refractivity contribution in [3.8, 4) is 11.1 Å². The van der Waals surface area contributed by atoms with E-state index < -0.39 is 0 Å². The van der Waals surface area contributed by atoms with Crippen molar-refractivity contribution in [2.24, 2.45) is 0 Å². The first-order valence-corrected chi connectivity index (χ1v) is 5.87. The SMILES string of the molecule is [c]1nccc(NN2CCC2)c1-c1ccccc1. The molecule has 17 heavy (non-hydrogen) atoms. The number of hydrogen-bond acceptors (Lipinski definition) is 3. The summed E-state index contributed by atoms with van der Waals surface area (Å²) < 4.78 is 0. The molecule has 1 aromatic carbocycles. The van der Waals surface area contributed by atoms with Crippen LogP contribution in [0, 0.1) is 6.20 Å². The third-order valence-electron chi connectivity index (χ3n) is 2.96. The van der Waals surface area contributed by atoms with Crippen molar-refractivity contribution in [2.75, 3.05) is 18.5 Å². The zero-order valence-electron chi connectivity index (χ0n) is 9.56. The minimum absolute atomic E-state index is 1.03. The molecule has 0 spiro atoms. The summed E-state index contributed by atoms with van der Waals surface area (Å²) in [6.07, 6.45) is 6.11. The zero-order chi connectivity index (χ0) is 11.5. The Morgan fingerprint density at radius 3 is 2.65 bits per heavy atom. The van der Waals surface area contributed by atoms with E-state index in [0.717, 1.165) is 29.9 Å². The molecule has 3 heteroatoms. The zero-order valence-corrected chi connectivity index (χ0v) is 9.56. The minimum Gasteiger partial charge on any atom is -0.318 e. The van der Waals surface area contributed by atoms with Gasteiger partial charge in [-0.3, -0.25) is 4.98 Å². The number of aromatic nitrogens is 1. The third kappa shape index (κ3) is 2.15. The van der Waals surface area contributed by atoms with Gasteiger partial charge in [0.1, 0.15) is 0 Å². The summed E-state index contributed by atoms with van der Waals surface area (Å²) in [7, 11) is 0. The molecule has 2 aromatic rings. The molecule has 0 bridgehead atoms. The number of nitrogens with zero attached hydrogens (tertiary/aromatic N) is 2. The molecule has 1 radical (unpaired) electrons. The van der Waals surface area contributed by atoms with E-state index in [1.165, 1.54) is 6.42 Å². The van der Waals surface area contributed by atoms with E-state index in [-0.39, 0.29) is 0 Å². The predicted molar refractivity (Wildman–Crippen MR) is 68.3 cm³/mol. The Bertz CT molecular complexity index is 492. The van der Waals surface area contributed by atoms with E-state index in [4.69, 9.17) is 0 Å². The van der Waals surface area contributed by atoms with Crippen LogP contribution in [0.2, 0.25) is 0 Å². The van der Waals surface area contributed by atoms with Crippen molar-refractivity contribution in [3.63, 3.8) is 0 Å². The Morgan fingerprint density at radius 1 is 1.12 bits per heavy atom. The van der Waals surface area contributed by atoms with E-state index in [0.29, 0.717) is 0 Å². The lowest BCUT2D eigenvalue weighted by Gasteiger charge is -2.32. The highest BCUT2D eigenvalue weighted by Crippen LogP contribution is 2.27. The lowest BCUT2D eigenvalue weighted by Crippen LogP contribution is -2.41. The van der Waals surface area contributed by atoms with Crippen LogP contribution >= 0.6 is 0 Å². The second kappa shape index (κ2) is 4.55. The first-order chi connectivity index (χ1) is 8.43. The van der Waals surface area contributed by atoms with E-state index in [9.17, 15) is 0 Å². The number of rotatable bonds is 3. The molecule has 3 nitrogen and oxygen atoms in total. The number of hydrogen-bond donors (Lipinski definition) is 1. The molecule has 3 rings (SSSR count). The lowest BCUT2D eigenvalue weighted by atomic mass is 10.1. The molecule has 0 atom stereocenters. The minimum atomic E-state index is 1.03. The van der Waals surface area contributed by atoms with Crippen molar-refractivity contribution in [1.82, 2.24) is 9.99 Å². The Hall–Kier alpha value is -1.87. The normalized spacial score (nSPS) is 15.3. The maximum Gasteiger partial charge on any atom is 0.0992 e. The van der Waals surface area contributed by atoms with Gasteiger partial charge in [-0.15, -0.1) is 0 Å². The molecule has 85 valence electrons. The topological polar surface area (TPSA) is 28.2 Å². The van der Waals surface area contributed by atoms with E-state index in [1.54, 1.807) is 6.20 Å². The third-order valence-corrected chi connectivity index (χ3v) is 2.96. The maximum atomic E-state index is 4.09. The molecule has 2 heterocycles. The summed E-state index contributed by atoms with van der Waals surface area (Å²) >= 11 is 0. The standard InChI is InChI=1S/C14H14N3/c1-2-5-12(6-3-1)13-11-15-8-7-14(13)16-17-9-4-10-17/h1-3,5-8H,4,9-10H2,(H,15,16). The summed E-state index contributed by atoms with van der Waals surface area (Å²) in [5, 5.41) is 2.20. The van der Waals surface area contributed by atoms with Crippen molar-refractivity contribution in [1.29, 1.82) is 0 Å². The summed E-state index contributed by atoms with van der Waals surface area (Å²) in [6.45, 7) is 2.22. The average molecular weight is 224 g/mol. The van der Waals surface area contributed by atoms with E-state index in [2.05, 4.69) is 33.7 Å². The highest BCUT2D eigenvalue weighted by Gasteiger charge is 2.15. The largest absolute Gasteiger partial charge is 0.318 e. The molecule has 1 aliphatic heterocycles. The maximum absolute atomic E-state index is 4.09. The first-order valence-electron chi connectivity index (χ1n) is 5.87. The Balaban J connectivity index is 1.92. The van der Waals surface area contributed by atoms with Gasteiger partial charge in [0.25, 0.3) is 0 Å². The molecule has 0 unspecified atom stereocenters. The van der Waals surface area contributed by atoms with Crippen LogP contribution in [0.4, 0.5) is 5.69 Å². The predicted octanol–water partition coefficient (Wildman–Crippen LogP) is 2.58. The molecule has 1 aliphatic rings. The fraction of sp³-hybridized carbons (Fsp3) is 0.214. The van der Waals surface area contributed by atoms with Crippen LogP contribution in [0.1, 0.15) is 6.42 Å². The van der Waals surface area contributed by atoms with E-state index >= 15 is 0 Å². The average Bonchev–Trinajstić information content (AvgIpc) is 2.35. The van der Waals surface area contributed by atoms with Crippen LogP contribution in [0.15, 0.2) is 42.6 Å². The molecule has 1 N–H and O–H groups in total. The van der Waals surface area contributed by atoms with Crippen LogP contribution in [-0.4, -0.2) is 23.1 Å². The Morgan fingerprint density at radius 2 is 1.94 bits per heavy atom. The summed E-state index contributed by atoms with van der Waals surface area (Å²) in [5.74, 6) is 0. The number of benzene rings is 1. The second-order valence-electron chi connectivity index (χ2n) is 4.16. The summed E-state index contributed by atoms with van der Waals surface area (Å²) in [6, 6.07) is 12.2. The first kappa shape index (κ1) is 10.3. The van der Waals surface area contributed by atoms with Crippen LogP contribution in [0.25, 0.3) is 11.1 Å². The number of anilines is 1. The smallest absolute Gasteiger partial charge is 0.0992 e. The summed E-state index contributed by atoms with van der Waals surface area (Å²) in [5.41, 5.74) is 6.65. The van der Waals surface area contributed by atoms with Crippen LogP contribution < -0.4 is 5.43 Å². The highest BCUT2D eigenvalue weighted by molar-refractivity contribution is 5.76. The number of hydrazine groups is 1. The van der Waals surface area contributed by atoms with Gasteiger partial charge in [-0.05, 0) is 18.1 Å². The molecule has 1 fully saturated rings. The summed E-state index contributed by atoms with van der Waals surface area (Å²) in [4.78, 5) is 4.09. The monoisotopic (exact) mass is 224 g/mol. The van der Waals surface area contributed by atoms with Gasteiger partial charge in [-0.1, -0.05) is 30.3 Å². The van der Waals surface area contributed by atoms with Gasteiger partial charge < -0.3 is 5.43 Å². The molecule has 0 saturated carbocycles. The highest BCUT2D eigenvalue weighted by atomic mass is 15.5. The van der Waals surface area contributed by atoms with Crippen LogP contribution in [-0.2, 0) is 0 Å². The fourth-order valence-electron chi connectivity index (χ4n) is 1.87. The number of nitrogens with one attached hydrogen (secondary N) is 1. The Labute approximate surface area is 101 Å². The van der Waals surface area contributed by atoms with Crippen LogP contribution in [0.3, 0.4) is 0 Å². The lowest BCUT2D eigenvalue weighted by molar-refractivity contribution is 0.226. The molecular formula is C14H14N3. The van der Waals surface area contributed by atoms with E-state index in [1.807, 2.05) is 24.3 Å². The molecule has 0 amide bonds. The quantitative estimate of drug-likeness (QED) is 0.868. The number of pyridine rings is 1. The molecule has 0 aliphatic carbocycles. The van der Waals surface area contributed by atoms with Gasteiger partial charge in [0.05, 0.1) is 11.9 Å². The van der Waals surface area contributed by atoms with Crippen molar-refractivity contribution < 1.29 is 0 Å². The van der Waals surface area contributed by atoms with Gasteiger partial charge >= 0.3 is 0 Å². The Kier molecular flexibility index (Phi) is 2.76. The van der Waals surface area contributed by atoms with Gasteiger partial charge in [-0.2, -0.15) is 0 Å². The molecule has 1 saturated heterocycles. The van der Waals surface area contributed by atoms with Gasteiger partial charge in [-0.25, -0.2) is 5.01 Å². The van der Waals surface area contributed by atoms with Crippen molar-refractivity contribution >= 4 is 5.69 Å². The van der Waals surface area contributed by atoms with Crippen molar-refractivity contribution in [2.45, 2.75) is 6.42 Å². The van der Waals surface area contributed by atoms with Gasteiger partial charge in [0, 0.05) is 24.8 Å². The van der Waals surface area contributed by atoms with Crippen molar-refractivity contribution in [3.05, 3.63) is 48.8 Å².